The van der Waals surface area contributed by atoms with Crippen molar-refractivity contribution in [3.05, 3.63) is 84.6 Å². The largest absolute Gasteiger partial charge is 0.383 e. The minimum absolute atomic E-state index is 0. The molecule has 6 rings (SSSR count). The number of hydrogen-bond acceptors (Lipinski definition) is 6. The Bertz CT molecular complexity index is 1730. The van der Waals surface area contributed by atoms with Gasteiger partial charge in [-0.2, -0.15) is 0 Å². The van der Waals surface area contributed by atoms with E-state index in [4.69, 9.17) is 21.4 Å². The average molecular weight is 568 g/mol. The molecule has 0 atom stereocenters. The fraction of sp³-hybridized carbons (Fsp3) is 0.250. The van der Waals surface area contributed by atoms with E-state index in [0.29, 0.717) is 17.3 Å². The molecule has 2 aromatic carbocycles. The molecule has 8 nitrogen and oxygen atoms in total. The second-order valence-corrected chi connectivity index (χ2v) is 11.6. The number of pyridine rings is 2. The number of carbonyl (C=O) groups excluding carboxylic acids is 1. The van der Waals surface area contributed by atoms with Gasteiger partial charge in [-0.25, -0.2) is 15.0 Å². The lowest BCUT2D eigenvalue weighted by Crippen LogP contribution is -2.43. The van der Waals surface area contributed by atoms with Gasteiger partial charge in [0.05, 0.1) is 11.3 Å². The van der Waals surface area contributed by atoms with E-state index in [2.05, 4.69) is 34.6 Å². The highest BCUT2D eigenvalue weighted by atomic mass is 35.5. The van der Waals surface area contributed by atoms with E-state index in [-0.39, 0.29) is 23.9 Å². The van der Waals surface area contributed by atoms with Crippen LogP contribution in [-0.2, 0) is 10.3 Å². The van der Waals surface area contributed by atoms with E-state index in [1.165, 1.54) is 0 Å². The van der Waals surface area contributed by atoms with Crippen LogP contribution in [-0.4, -0.2) is 25.4 Å². The fourth-order valence-corrected chi connectivity index (χ4v) is 5.01. The Morgan fingerprint density at radius 2 is 1.73 bits per heavy atom. The van der Waals surface area contributed by atoms with Gasteiger partial charge in [-0.3, -0.25) is 9.36 Å². The van der Waals surface area contributed by atoms with Gasteiger partial charge >= 0.3 is 0 Å². The molecule has 0 bridgehead atoms. The third kappa shape index (κ3) is 5.28. The van der Waals surface area contributed by atoms with E-state index in [1.807, 2.05) is 73.9 Å². The molecule has 5 aromatic rings. The normalized spacial score (nSPS) is 14.2. The monoisotopic (exact) mass is 567 g/mol. The van der Waals surface area contributed by atoms with Crippen molar-refractivity contribution in [1.29, 1.82) is 0 Å². The van der Waals surface area contributed by atoms with E-state index >= 15 is 0 Å². The number of rotatable bonds is 5. The minimum atomic E-state index is -0.498. The van der Waals surface area contributed by atoms with Crippen molar-refractivity contribution in [1.82, 2.24) is 19.5 Å². The summed E-state index contributed by atoms with van der Waals surface area (Å²) in [5.74, 6) is 1.01. The minimum Gasteiger partial charge on any atom is -0.383 e. The van der Waals surface area contributed by atoms with Gasteiger partial charge in [-0.1, -0.05) is 45.0 Å². The molecule has 1 fully saturated rings. The number of nitrogen functional groups attached to an aromatic ring is 1. The number of benzene rings is 2. The predicted octanol–water partition coefficient (Wildman–Crippen LogP) is 6.48. The number of nitrogens with two attached hydrogens (primary N) is 2. The number of nitrogens with one attached hydrogen (secondary N) is 1. The Kier molecular flexibility index (Phi) is 7.32. The maximum atomic E-state index is 12.6. The quantitative estimate of drug-likeness (QED) is 0.223. The number of imidazole rings is 1. The van der Waals surface area contributed by atoms with Crippen LogP contribution in [0.25, 0.3) is 39.5 Å². The summed E-state index contributed by atoms with van der Waals surface area (Å²) in [5.41, 5.74) is 18.7. The number of carbonyl (C=O) groups is 1. The number of nitrogens with zero attached hydrogens (tertiary/aromatic N) is 4. The number of amides is 1. The maximum Gasteiger partial charge on any atom is 0.229 e. The zero-order chi connectivity index (χ0) is 28.1. The van der Waals surface area contributed by atoms with Gasteiger partial charge in [-0.15, -0.1) is 12.4 Å². The zero-order valence-electron chi connectivity index (χ0n) is 23.4. The van der Waals surface area contributed by atoms with Crippen LogP contribution in [0.3, 0.4) is 0 Å². The van der Waals surface area contributed by atoms with Crippen molar-refractivity contribution in [2.75, 3.05) is 11.1 Å². The smallest absolute Gasteiger partial charge is 0.229 e. The summed E-state index contributed by atoms with van der Waals surface area (Å²) in [6, 6.07) is 23.7. The molecular formula is C32H34ClN7O. The fourth-order valence-electron chi connectivity index (χ4n) is 5.01. The molecule has 1 saturated carbocycles. The van der Waals surface area contributed by atoms with Gasteiger partial charge in [0.2, 0.25) is 5.91 Å². The first-order valence-corrected chi connectivity index (χ1v) is 13.5. The van der Waals surface area contributed by atoms with Gasteiger partial charge in [0.15, 0.2) is 11.5 Å². The van der Waals surface area contributed by atoms with Crippen LogP contribution in [0, 0.1) is 5.41 Å². The summed E-state index contributed by atoms with van der Waals surface area (Å²) in [6.07, 6.45) is 4.82. The standard InChI is InChI=1S/C32H33N7O.ClH/c1-31(2,3)30(40)36-22-8-4-7-20(19-22)25-14-15-26-29(37-25)39(28(38-26)24-9-5-18-35-27(24)33)23-12-10-21(11-13-23)32(34)16-6-17-32;/h4-5,7-15,18-19H,6,16-17,34H2,1-3H3,(H2,33,35)(H,36,40);1H. The van der Waals surface area contributed by atoms with Gasteiger partial charge in [-0.05, 0) is 73.4 Å². The molecule has 3 aromatic heterocycles. The Labute approximate surface area is 245 Å². The number of hydrogen-bond donors (Lipinski definition) is 3. The predicted molar refractivity (Wildman–Crippen MR) is 167 cm³/mol. The van der Waals surface area contributed by atoms with E-state index in [9.17, 15) is 4.79 Å². The molecule has 0 spiro atoms. The molecule has 5 N–H and O–H groups in total. The second-order valence-electron chi connectivity index (χ2n) is 11.6. The van der Waals surface area contributed by atoms with E-state index in [0.717, 1.165) is 58.5 Å². The molecular weight excluding hydrogens is 534 g/mol. The number of fused-ring (bicyclic) bond motifs is 1. The number of aromatic nitrogens is 4. The van der Waals surface area contributed by atoms with Crippen molar-refractivity contribution in [3.63, 3.8) is 0 Å². The third-order valence-electron chi connectivity index (χ3n) is 7.63. The van der Waals surface area contributed by atoms with Crippen LogP contribution >= 0.6 is 12.4 Å². The Balaban J connectivity index is 0.00000337. The number of halogens is 1. The maximum absolute atomic E-state index is 12.6. The van der Waals surface area contributed by atoms with Crippen LogP contribution in [0.15, 0.2) is 79.0 Å². The molecule has 41 heavy (non-hydrogen) atoms. The molecule has 9 heteroatoms. The van der Waals surface area contributed by atoms with Crippen molar-refractivity contribution < 1.29 is 4.79 Å². The lowest BCUT2D eigenvalue weighted by Gasteiger charge is -2.38. The molecule has 210 valence electrons. The average Bonchev–Trinajstić information content (AvgIpc) is 3.30. The first-order valence-electron chi connectivity index (χ1n) is 13.5. The van der Waals surface area contributed by atoms with E-state index in [1.54, 1.807) is 6.20 Å². The van der Waals surface area contributed by atoms with Crippen LogP contribution < -0.4 is 16.8 Å². The third-order valence-corrected chi connectivity index (χ3v) is 7.63. The highest BCUT2D eigenvalue weighted by Gasteiger charge is 2.34. The molecule has 0 saturated heterocycles. The highest BCUT2D eigenvalue weighted by molar-refractivity contribution is 5.95. The topological polar surface area (TPSA) is 125 Å². The van der Waals surface area contributed by atoms with Crippen LogP contribution in [0.4, 0.5) is 11.5 Å². The molecule has 0 radical (unpaired) electrons. The first-order chi connectivity index (χ1) is 19.1. The summed E-state index contributed by atoms with van der Waals surface area (Å²) < 4.78 is 2.02. The Morgan fingerprint density at radius 1 is 0.976 bits per heavy atom. The lowest BCUT2D eigenvalue weighted by atomic mass is 9.73. The number of anilines is 2. The summed E-state index contributed by atoms with van der Waals surface area (Å²) in [7, 11) is 0. The summed E-state index contributed by atoms with van der Waals surface area (Å²) in [5, 5.41) is 3.01. The van der Waals surface area contributed by atoms with Gasteiger partial charge in [0.25, 0.3) is 0 Å². The van der Waals surface area contributed by atoms with Crippen LogP contribution in [0.2, 0.25) is 0 Å². The molecule has 3 heterocycles. The SMILES string of the molecule is CC(C)(C)C(=O)Nc1cccc(-c2ccc3nc(-c4cccnc4N)n(-c4ccc(C5(N)CCC5)cc4)c3n2)c1.Cl. The van der Waals surface area contributed by atoms with Gasteiger partial charge in [0, 0.05) is 34.1 Å². The molecule has 1 aliphatic carbocycles. The second kappa shape index (κ2) is 10.6. The van der Waals surface area contributed by atoms with Crippen LogP contribution in [0.1, 0.15) is 45.6 Å². The lowest BCUT2D eigenvalue weighted by molar-refractivity contribution is -0.123. The van der Waals surface area contributed by atoms with Gasteiger partial charge < -0.3 is 16.8 Å². The molecule has 0 aliphatic heterocycles. The van der Waals surface area contributed by atoms with Crippen molar-refractivity contribution >= 4 is 41.0 Å². The summed E-state index contributed by atoms with van der Waals surface area (Å²) in [4.78, 5) is 26.9. The van der Waals surface area contributed by atoms with E-state index < -0.39 is 5.41 Å². The Morgan fingerprint density at radius 3 is 2.39 bits per heavy atom. The zero-order valence-corrected chi connectivity index (χ0v) is 24.2. The van der Waals surface area contributed by atoms with Crippen molar-refractivity contribution in [2.45, 2.75) is 45.6 Å². The highest BCUT2D eigenvalue weighted by Crippen LogP contribution is 2.39. The molecule has 1 aliphatic rings. The van der Waals surface area contributed by atoms with Gasteiger partial charge in [0.1, 0.15) is 11.3 Å². The van der Waals surface area contributed by atoms with Crippen molar-refractivity contribution in [3.8, 4) is 28.3 Å². The first kappa shape index (κ1) is 28.3. The van der Waals surface area contributed by atoms with Crippen LogP contribution in [0.5, 0.6) is 0 Å². The Hall–Kier alpha value is -4.27. The molecule has 0 unspecified atom stereocenters. The molecule has 1 amide bonds. The van der Waals surface area contributed by atoms with Crippen molar-refractivity contribution in [2.24, 2.45) is 11.1 Å². The summed E-state index contributed by atoms with van der Waals surface area (Å²) >= 11 is 0. The summed E-state index contributed by atoms with van der Waals surface area (Å²) in [6.45, 7) is 5.67.